The first-order valence-corrected chi connectivity index (χ1v) is 6.59. The van der Waals surface area contributed by atoms with Crippen molar-refractivity contribution >= 4 is 17.5 Å². The van der Waals surface area contributed by atoms with Crippen molar-refractivity contribution in [3.63, 3.8) is 0 Å². The van der Waals surface area contributed by atoms with E-state index in [4.69, 9.17) is 16.3 Å². The highest BCUT2D eigenvalue weighted by Gasteiger charge is 2.05. The lowest BCUT2D eigenvalue weighted by atomic mass is 10.3. The molecule has 0 saturated heterocycles. The van der Waals surface area contributed by atoms with Crippen LogP contribution in [0.5, 0.6) is 5.75 Å². The Morgan fingerprint density at radius 3 is 2.80 bits per heavy atom. The third kappa shape index (κ3) is 4.24. The second-order valence-corrected chi connectivity index (χ2v) is 4.67. The highest BCUT2D eigenvalue weighted by atomic mass is 35.5. The minimum absolute atomic E-state index is 0.0739. The molecule has 5 heteroatoms. The van der Waals surface area contributed by atoms with Crippen molar-refractivity contribution in [1.29, 1.82) is 0 Å². The lowest BCUT2D eigenvalue weighted by molar-refractivity contribution is -0.123. The predicted octanol–water partition coefficient (Wildman–Crippen LogP) is 2.74. The number of para-hydroxylation sites is 1. The molecule has 0 unspecified atom stereocenters. The lowest BCUT2D eigenvalue weighted by Crippen LogP contribution is -2.28. The fraction of sp³-hybridized carbons (Fsp3) is 0.200. The molecular formula is C15H15ClN2O2. The third-order valence-corrected chi connectivity index (χ3v) is 2.92. The molecular weight excluding hydrogens is 276 g/mol. The van der Waals surface area contributed by atoms with Gasteiger partial charge in [0.2, 0.25) is 0 Å². The van der Waals surface area contributed by atoms with Gasteiger partial charge in [0.1, 0.15) is 5.75 Å². The van der Waals surface area contributed by atoms with Crippen LogP contribution < -0.4 is 10.1 Å². The Kier molecular flexibility index (Phi) is 4.96. The number of ether oxygens (including phenoxy) is 1. The largest absolute Gasteiger partial charge is 0.482 e. The first-order chi connectivity index (χ1) is 9.65. The molecule has 1 heterocycles. The summed E-state index contributed by atoms with van der Waals surface area (Å²) < 4.78 is 5.35. The van der Waals surface area contributed by atoms with Crippen LogP contribution in [0.1, 0.15) is 11.4 Å². The Bertz CT molecular complexity index is 602. The molecule has 0 saturated carbocycles. The Morgan fingerprint density at radius 1 is 1.25 bits per heavy atom. The van der Waals surface area contributed by atoms with Gasteiger partial charge in [-0.2, -0.15) is 0 Å². The van der Waals surface area contributed by atoms with Crippen LogP contribution in [0.2, 0.25) is 5.02 Å². The predicted molar refractivity (Wildman–Crippen MR) is 77.8 cm³/mol. The van der Waals surface area contributed by atoms with Gasteiger partial charge in [0.25, 0.3) is 5.91 Å². The number of hydrogen-bond donors (Lipinski definition) is 1. The topological polar surface area (TPSA) is 51.2 Å². The number of carbonyl (C=O) groups is 1. The summed E-state index contributed by atoms with van der Waals surface area (Å²) in [6.07, 6.45) is 0. The van der Waals surface area contributed by atoms with Gasteiger partial charge in [-0.25, -0.2) is 0 Å². The summed E-state index contributed by atoms with van der Waals surface area (Å²) in [5, 5.41) is 3.23. The van der Waals surface area contributed by atoms with Gasteiger partial charge in [0.05, 0.1) is 17.3 Å². The molecule has 2 aromatic rings. The first-order valence-electron chi connectivity index (χ1n) is 6.22. The molecule has 4 nitrogen and oxygen atoms in total. The molecule has 0 bridgehead atoms. The molecule has 0 spiro atoms. The summed E-state index contributed by atoms with van der Waals surface area (Å²) in [5.41, 5.74) is 1.74. The monoisotopic (exact) mass is 290 g/mol. The fourth-order valence-electron chi connectivity index (χ4n) is 1.64. The molecule has 1 amide bonds. The summed E-state index contributed by atoms with van der Waals surface area (Å²) in [6.45, 7) is 2.22. The van der Waals surface area contributed by atoms with Crippen molar-refractivity contribution in [2.75, 3.05) is 6.61 Å². The number of benzene rings is 1. The van der Waals surface area contributed by atoms with Gasteiger partial charge in [0.15, 0.2) is 6.61 Å². The van der Waals surface area contributed by atoms with Gasteiger partial charge >= 0.3 is 0 Å². The van der Waals surface area contributed by atoms with Crippen molar-refractivity contribution in [2.45, 2.75) is 13.5 Å². The average molecular weight is 291 g/mol. The number of amides is 1. The number of nitrogens with one attached hydrogen (secondary N) is 1. The molecule has 0 aliphatic rings. The van der Waals surface area contributed by atoms with Gasteiger partial charge in [-0.05, 0) is 31.2 Å². The summed E-state index contributed by atoms with van der Waals surface area (Å²) in [7, 11) is 0. The van der Waals surface area contributed by atoms with Crippen LogP contribution in [0.4, 0.5) is 0 Å². The molecule has 0 radical (unpaired) electrons. The van der Waals surface area contributed by atoms with Gasteiger partial charge in [-0.15, -0.1) is 0 Å². The van der Waals surface area contributed by atoms with E-state index in [9.17, 15) is 4.79 Å². The van der Waals surface area contributed by atoms with E-state index in [-0.39, 0.29) is 12.5 Å². The van der Waals surface area contributed by atoms with E-state index in [2.05, 4.69) is 10.3 Å². The maximum atomic E-state index is 11.7. The maximum Gasteiger partial charge on any atom is 0.258 e. The highest BCUT2D eigenvalue weighted by molar-refractivity contribution is 6.32. The molecule has 1 aromatic heterocycles. The Hall–Kier alpha value is -2.07. The molecule has 2 rings (SSSR count). The number of hydrogen-bond acceptors (Lipinski definition) is 3. The second-order valence-electron chi connectivity index (χ2n) is 4.27. The molecule has 0 atom stereocenters. The highest BCUT2D eigenvalue weighted by Crippen LogP contribution is 2.22. The fourth-order valence-corrected chi connectivity index (χ4v) is 1.83. The van der Waals surface area contributed by atoms with Gasteiger partial charge in [-0.3, -0.25) is 9.78 Å². The number of nitrogens with zero attached hydrogens (tertiary/aromatic N) is 1. The van der Waals surface area contributed by atoms with Gasteiger partial charge in [-0.1, -0.05) is 29.8 Å². The van der Waals surface area contributed by atoms with Crippen LogP contribution in [-0.2, 0) is 11.3 Å². The molecule has 1 N–H and O–H groups in total. The number of rotatable bonds is 5. The standard InChI is InChI=1S/C15H15ClN2O2/c1-11-5-4-6-12(18-11)9-17-15(19)10-20-14-8-3-2-7-13(14)16/h2-8H,9-10H2,1H3,(H,17,19). The zero-order valence-corrected chi connectivity index (χ0v) is 11.9. The minimum atomic E-state index is -0.215. The van der Waals surface area contributed by atoms with E-state index in [0.717, 1.165) is 11.4 Å². The summed E-state index contributed by atoms with van der Waals surface area (Å²) >= 11 is 5.93. The lowest BCUT2D eigenvalue weighted by Gasteiger charge is -2.08. The number of carbonyl (C=O) groups excluding carboxylic acids is 1. The van der Waals surface area contributed by atoms with Crippen molar-refractivity contribution in [3.05, 3.63) is 58.9 Å². The number of halogens is 1. The third-order valence-electron chi connectivity index (χ3n) is 2.61. The first kappa shape index (κ1) is 14.3. The zero-order chi connectivity index (χ0) is 14.4. The number of aromatic nitrogens is 1. The molecule has 0 fully saturated rings. The van der Waals surface area contributed by atoms with Crippen molar-refractivity contribution in [3.8, 4) is 5.75 Å². The van der Waals surface area contributed by atoms with Crippen molar-refractivity contribution in [1.82, 2.24) is 10.3 Å². The molecule has 0 aliphatic heterocycles. The molecule has 20 heavy (non-hydrogen) atoms. The van der Waals surface area contributed by atoms with Crippen molar-refractivity contribution in [2.24, 2.45) is 0 Å². The zero-order valence-electron chi connectivity index (χ0n) is 11.1. The van der Waals surface area contributed by atoms with Crippen LogP contribution in [-0.4, -0.2) is 17.5 Å². The normalized spacial score (nSPS) is 10.1. The van der Waals surface area contributed by atoms with E-state index in [1.165, 1.54) is 0 Å². The van der Waals surface area contributed by atoms with Crippen LogP contribution in [0.15, 0.2) is 42.5 Å². The average Bonchev–Trinajstić information content (AvgIpc) is 2.44. The SMILES string of the molecule is Cc1cccc(CNC(=O)COc2ccccc2Cl)n1. The number of aryl methyl sites for hydroxylation is 1. The van der Waals surface area contributed by atoms with E-state index in [1.807, 2.05) is 25.1 Å². The van der Waals surface area contributed by atoms with Crippen molar-refractivity contribution < 1.29 is 9.53 Å². The minimum Gasteiger partial charge on any atom is -0.482 e. The van der Waals surface area contributed by atoms with E-state index in [1.54, 1.807) is 24.3 Å². The Labute approximate surface area is 122 Å². The number of pyridine rings is 1. The summed E-state index contributed by atoms with van der Waals surface area (Å²) in [4.78, 5) is 16.0. The van der Waals surface area contributed by atoms with E-state index in [0.29, 0.717) is 17.3 Å². The van der Waals surface area contributed by atoms with Gasteiger partial charge < -0.3 is 10.1 Å². The van der Waals surface area contributed by atoms with Crippen LogP contribution in [0, 0.1) is 6.92 Å². The molecule has 1 aromatic carbocycles. The van der Waals surface area contributed by atoms with E-state index < -0.39 is 0 Å². The molecule has 104 valence electrons. The van der Waals surface area contributed by atoms with Crippen LogP contribution in [0.3, 0.4) is 0 Å². The second kappa shape index (κ2) is 6.91. The Balaban J connectivity index is 1.80. The quantitative estimate of drug-likeness (QED) is 0.921. The summed E-state index contributed by atoms with van der Waals surface area (Å²) in [6, 6.07) is 12.7. The van der Waals surface area contributed by atoms with E-state index >= 15 is 0 Å². The van der Waals surface area contributed by atoms with Crippen LogP contribution in [0.25, 0.3) is 0 Å². The van der Waals surface area contributed by atoms with Crippen LogP contribution >= 0.6 is 11.6 Å². The molecule has 0 aliphatic carbocycles. The maximum absolute atomic E-state index is 11.7. The smallest absolute Gasteiger partial charge is 0.258 e. The van der Waals surface area contributed by atoms with Gasteiger partial charge in [0, 0.05) is 5.69 Å². The summed E-state index contributed by atoms with van der Waals surface area (Å²) in [5.74, 6) is 0.284. The Morgan fingerprint density at radius 2 is 2.05 bits per heavy atom.